The van der Waals surface area contributed by atoms with E-state index in [0.717, 1.165) is 24.6 Å². The number of ether oxygens (including phenoxy) is 4. The molecule has 1 amide bonds. The van der Waals surface area contributed by atoms with E-state index in [1.165, 1.54) is 57.6 Å². The first kappa shape index (κ1) is 55.7. The highest BCUT2D eigenvalue weighted by atomic mass is 19.1. The number of esters is 1. The van der Waals surface area contributed by atoms with Crippen molar-refractivity contribution in [1.29, 1.82) is 0 Å². The average Bonchev–Trinajstić information content (AvgIpc) is 3.75. The molecule has 18 nitrogen and oxygen atoms in total. The van der Waals surface area contributed by atoms with E-state index in [2.05, 4.69) is 11.9 Å². The summed E-state index contributed by atoms with van der Waals surface area (Å²) in [4.78, 5) is 89.5. The second kappa shape index (κ2) is 20.6. The number of aliphatic hydroxyl groups excluding tert-OH is 3. The number of likely N-dealkylation sites (tertiary alicyclic amines) is 1. The van der Waals surface area contributed by atoms with Crippen LogP contribution in [0.2, 0.25) is 0 Å². The number of nitrogens with one attached hydrogen (secondary N) is 1. The van der Waals surface area contributed by atoms with Crippen LogP contribution in [0.15, 0.2) is 71.2 Å². The number of hydrogen-bond donors (Lipinski definition) is 5. The molecule has 7 heterocycles. The number of rotatable bonds is 6. The number of aromatic hydroxyl groups is 1. The van der Waals surface area contributed by atoms with Crippen LogP contribution in [-0.4, -0.2) is 122 Å². The molecule has 416 valence electrons. The molecule has 19 heteroatoms. The molecular formula is C59H69FN4O14. The van der Waals surface area contributed by atoms with Gasteiger partial charge in [0, 0.05) is 87.4 Å². The molecule has 2 saturated heterocycles. The molecular weight excluding hydrogens is 1010 g/mol. The monoisotopic (exact) mass is 1080 g/mol. The molecule has 1 saturated carbocycles. The molecule has 78 heavy (non-hydrogen) atoms. The van der Waals surface area contributed by atoms with Gasteiger partial charge in [0.25, 0.3) is 17.2 Å². The van der Waals surface area contributed by atoms with Crippen molar-refractivity contribution in [3.63, 3.8) is 0 Å². The summed E-state index contributed by atoms with van der Waals surface area (Å²) in [5.41, 5.74) is -0.781. The molecule has 5 N–H and O–H groups in total. The van der Waals surface area contributed by atoms with Crippen LogP contribution >= 0.6 is 0 Å². The van der Waals surface area contributed by atoms with Crippen LogP contribution in [-0.2, 0) is 23.8 Å². The zero-order chi connectivity index (χ0) is 56.8. The number of allylic oxidation sites excluding steroid dienone is 4. The van der Waals surface area contributed by atoms with Gasteiger partial charge in [0.05, 0.1) is 64.2 Å². The highest BCUT2D eigenvalue weighted by Gasteiger charge is 2.55. The van der Waals surface area contributed by atoms with Gasteiger partial charge in [-0.3, -0.25) is 33.2 Å². The number of aryl methyl sites for hydroxylation is 1. The SMILES string of the molecule is C=C(O)c1cc(C2CC2)c2c(C)c(N3CCC4(CCN(C5=C6NC(=O)/C(C)=C\C=C\[C@H](C)[C@H](O)[C@@H](C)[C@@H](O)[C@@H](C)[C@H](OC(C)=O)[C@H](C)[C@@H](OC)/C=C/O[C@@]7(C)Oc8c(C)c(O)c(c(c8C7=O)C5=O)C6=O)C4)C3)c(F)cn2c1=O. The maximum Gasteiger partial charge on any atom is 0.312 e. The largest absolute Gasteiger partial charge is 0.508 e. The van der Waals surface area contributed by atoms with E-state index in [0.29, 0.717) is 42.7 Å². The number of anilines is 1. The summed E-state index contributed by atoms with van der Waals surface area (Å²) in [7, 11) is 1.42. The number of methoxy groups -OCH3 is 1. The quantitative estimate of drug-likeness (QED) is 0.123. The van der Waals surface area contributed by atoms with Crippen LogP contribution in [0, 0.1) is 48.8 Å². The number of fused-ring (bicyclic) bond motifs is 15. The topological polar surface area (TPSA) is 243 Å². The van der Waals surface area contributed by atoms with Crippen molar-refractivity contribution in [2.75, 3.05) is 38.2 Å². The van der Waals surface area contributed by atoms with E-state index in [4.69, 9.17) is 18.9 Å². The number of phenols is 1. The number of Topliss-reactive ketones (excluding diaryl/α,β-unsaturated/α-hetero) is 3. The number of pyridine rings is 2. The molecule has 10 rings (SSSR count). The number of benzene rings is 1. The molecule has 1 unspecified atom stereocenters. The summed E-state index contributed by atoms with van der Waals surface area (Å²) in [5, 5.41) is 48.1. The lowest BCUT2D eigenvalue weighted by Gasteiger charge is -2.38. The van der Waals surface area contributed by atoms with Crippen molar-refractivity contribution in [3.8, 4) is 11.5 Å². The van der Waals surface area contributed by atoms with Crippen LogP contribution in [0.1, 0.15) is 133 Å². The van der Waals surface area contributed by atoms with Crippen LogP contribution in [0.5, 0.6) is 11.5 Å². The van der Waals surface area contributed by atoms with Crippen molar-refractivity contribution in [2.45, 2.75) is 124 Å². The zero-order valence-corrected chi connectivity index (χ0v) is 45.7. The third-order valence-electron chi connectivity index (χ3n) is 17.2. The van der Waals surface area contributed by atoms with Gasteiger partial charge in [-0.05, 0) is 75.6 Å². The van der Waals surface area contributed by atoms with Gasteiger partial charge < -0.3 is 54.5 Å². The lowest BCUT2D eigenvalue weighted by Crippen LogP contribution is -2.46. The Bertz CT molecular complexity index is 3280. The van der Waals surface area contributed by atoms with Gasteiger partial charge in [-0.25, -0.2) is 4.39 Å². The number of halogens is 1. The molecule has 2 aromatic heterocycles. The highest BCUT2D eigenvalue weighted by Crippen LogP contribution is 2.51. The van der Waals surface area contributed by atoms with E-state index in [1.807, 2.05) is 4.90 Å². The lowest BCUT2D eigenvalue weighted by atomic mass is 9.78. The molecule has 3 fully saturated rings. The molecule has 1 aromatic carbocycles. The predicted molar refractivity (Wildman–Crippen MR) is 286 cm³/mol. The number of carbonyl (C=O) groups excluding carboxylic acids is 5. The van der Waals surface area contributed by atoms with E-state index in [9.17, 15) is 39.6 Å². The second-order valence-electron chi connectivity index (χ2n) is 22.6. The number of aromatic nitrogens is 1. The van der Waals surface area contributed by atoms with Gasteiger partial charge in [0.1, 0.15) is 34.8 Å². The van der Waals surface area contributed by atoms with Crippen molar-refractivity contribution in [2.24, 2.45) is 29.1 Å². The minimum atomic E-state index is -2.16. The first-order chi connectivity index (χ1) is 36.8. The van der Waals surface area contributed by atoms with Crippen molar-refractivity contribution in [3.05, 3.63) is 121 Å². The van der Waals surface area contributed by atoms with Gasteiger partial charge in [-0.15, -0.1) is 0 Å². The molecule has 5 bridgehead atoms. The number of nitrogens with zero attached hydrogens (tertiary/aromatic N) is 3. The summed E-state index contributed by atoms with van der Waals surface area (Å²) < 4.78 is 41.7. The third kappa shape index (κ3) is 9.40. The zero-order valence-electron chi connectivity index (χ0n) is 45.7. The Kier molecular flexibility index (Phi) is 14.7. The Morgan fingerprint density at radius 2 is 1.56 bits per heavy atom. The highest BCUT2D eigenvalue weighted by molar-refractivity contribution is 6.32. The van der Waals surface area contributed by atoms with Crippen LogP contribution < -0.4 is 20.5 Å². The number of amides is 1. The summed E-state index contributed by atoms with van der Waals surface area (Å²) in [5.74, 6) is -10.7. The maximum absolute atomic E-state index is 16.6. The number of carbonyl (C=O) groups is 5. The Hall–Kier alpha value is -7.09. The number of ketones is 3. The summed E-state index contributed by atoms with van der Waals surface area (Å²) in [6.45, 7) is 18.7. The van der Waals surface area contributed by atoms with E-state index < -0.39 is 128 Å². The first-order valence-electron chi connectivity index (χ1n) is 26.6. The fraction of sp³-hybridized carbons (Fsp3) is 0.492. The smallest absolute Gasteiger partial charge is 0.312 e. The summed E-state index contributed by atoms with van der Waals surface area (Å²) in [6, 6.07) is 1.65. The van der Waals surface area contributed by atoms with Gasteiger partial charge in [0.15, 0.2) is 5.82 Å². The molecule has 3 aromatic rings. The number of hydrogen-bond acceptors (Lipinski definition) is 16. The predicted octanol–water partition coefficient (Wildman–Crippen LogP) is 7.03. The molecule has 0 radical (unpaired) electrons. The fourth-order valence-electron chi connectivity index (χ4n) is 12.5. The Morgan fingerprint density at radius 3 is 2.21 bits per heavy atom. The van der Waals surface area contributed by atoms with Crippen LogP contribution in [0.25, 0.3) is 11.3 Å². The molecule has 10 atom stereocenters. The van der Waals surface area contributed by atoms with E-state index in [-0.39, 0.29) is 52.7 Å². The van der Waals surface area contributed by atoms with Crippen molar-refractivity contribution < 1.29 is 67.7 Å². The van der Waals surface area contributed by atoms with Gasteiger partial charge >= 0.3 is 11.8 Å². The van der Waals surface area contributed by atoms with Gasteiger partial charge in [-0.2, -0.15) is 0 Å². The Labute approximate surface area is 451 Å². The second-order valence-corrected chi connectivity index (χ2v) is 22.6. The molecule has 2 aliphatic carbocycles. The standard InChI is InChI=1S/C59H69FN4O14/c1-27-13-12-14-28(2)56(73)61-44-47(63-21-19-59(26-63)18-20-62(25-59)46-30(4)45-38(36-15-16-36)23-37(34(8)65)57(74)64(45)24-39(46)60)52(71)41-42(51(44)70)50(69)33(7)54-43(41)55(72)58(10,78-54)76-22-17-40(75-11)29(3)53(77-35(9)66)32(6)49(68)31(5)48(27)67/h12-14,17,22-24,27,29,31-32,36,40,48-49,53,65,67-69H,8,15-16,18-21,25-26H2,1-7,9-11H3,(H,61,73)/b13-12+,22-17+,28-14-/t27-,29+,31+,32+,40-,48-,49+,53+,58-,59?/m0/s1. The summed E-state index contributed by atoms with van der Waals surface area (Å²) >= 11 is 0. The van der Waals surface area contributed by atoms with Crippen LogP contribution in [0.4, 0.5) is 10.1 Å². The van der Waals surface area contributed by atoms with Gasteiger partial charge in [0.2, 0.25) is 11.6 Å². The van der Waals surface area contributed by atoms with Crippen molar-refractivity contribution in [1.82, 2.24) is 14.6 Å². The van der Waals surface area contributed by atoms with Crippen molar-refractivity contribution >= 4 is 46.2 Å². The Balaban J connectivity index is 1.11. The molecule has 5 aliphatic heterocycles. The number of phenolic OH excluding ortho intramolecular Hbond substituents is 1. The van der Waals surface area contributed by atoms with Crippen LogP contribution in [0.3, 0.4) is 0 Å². The lowest BCUT2D eigenvalue weighted by molar-refractivity contribution is -0.160. The Morgan fingerprint density at radius 1 is 0.897 bits per heavy atom. The minimum absolute atomic E-state index is 0.00226. The molecule has 7 aliphatic rings. The number of aliphatic hydroxyl groups is 3. The van der Waals surface area contributed by atoms with Gasteiger partial charge in [-0.1, -0.05) is 52.5 Å². The van der Waals surface area contributed by atoms with E-state index in [1.54, 1.807) is 57.7 Å². The average molecular weight is 1080 g/mol. The van der Waals surface area contributed by atoms with E-state index >= 15 is 14.0 Å². The fourth-order valence-corrected chi connectivity index (χ4v) is 12.5. The normalized spacial score (nSPS) is 31.3. The molecule has 1 spiro atoms. The third-order valence-corrected chi connectivity index (χ3v) is 17.2. The maximum atomic E-state index is 16.6. The minimum Gasteiger partial charge on any atom is -0.508 e. The summed E-state index contributed by atoms with van der Waals surface area (Å²) in [6.07, 6.45) is 7.08. The first-order valence-corrected chi connectivity index (χ1v) is 26.6.